The molecule has 1 heterocycles. The van der Waals surface area contributed by atoms with Gasteiger partial charge in [-0.25, -0.2) is 0 Å². The lowest BCUT2D eigenvalue weighted by molar-refractivity contribution is -0.121. The quantitative estimate of drug-likeness (QED) is 0.911. The first-order valence-corrected chi connectivity index (χ1v) is 8.55. The van der Waals surface area contributed by atoms with E-state index in [9.17, 15) is 4.79 Å². The predicted octanol–water partition coefficient (Wildman–Crippen LogP) is 3.59. The van der Waals surface area contributed by atoms with Crippen LogP contribution < -0.4 is 10.1 Å². The van der Waals surface area contributed by atoms with Crippen LogP contribution >= 0.6 is 0 Å². The van der Waals surface area contributed by atoms with E-state index in [1.54, 1.807) is 7.11 Å². The maximum absolute atomic E-state index is 12.2. The number of nitrogens with one attached hydrogen (secondary N) is 1. The minimum absolute atomic E-state index is 0.0170. The van der Waals surface area contributed by atoms with E-state index in [0.29, 0.717) is 23.4 Å². The van der Waals surface area contributed by atoms with Gasteiger partial charge in [0.05, 0.1) is 19.2 Å². The Morgan fingerprint density at radius 1 is 1.29 bits per heavy atom. The smallest absolute Gasteiger partial charge is 0.226 e. The van der Waals surface area contributed by atoms with Gasteiger partial charge in [-0.1, -0.05) is 24.9 Å². The van der Waals surface area contributed by atoms with Crippen molar-refractivity contribution >= 4 is 5.91 Å². The maximum atomic E-state index is 12.2. The Bertz CT molecular complexity index is 678. The number of carbonyl (C=O) groups excluding carboxylic acids is 1. The average Bonchev–Trinajstić information content (AvgIpc) is 3.05. The number of carbonyl (C=O) groups is 1. The molecule has 1 fully saturated rings. The van der Waals surface area contributed by atoms with Crippen molar-refractivity contribution in [1.82, 2.24) is 10.5 Å². The van der Waals surface area contributed by atoms with Gasteiger partial charge in [0.1, 0.15) is 5.75 Å². The lowest BCUT2D eigenvalue weighted by atomic mass is 9.86. The van der Waals surface area contributed by atoms with Gasteiger partial charge < -0.3 is 14.6 Å². The molecule has 2 aromatic rings. The third-order valence-corrected chi connectivity index (χ3v) is 4.73. The molecule has 128 valence electrons. The third kappa shape index (κ3) is 3.96. The van der Waals surface area contributed by atoms with Crippen LogP contribution in [-0.4, -0.2) is 24.2 Å². The Hall–Kier alpha value is -2.30. The first-order valence-electron chi connectivity index (χ1n) is 8.55. The number of hydrogen-bond donors (Lipinski definition) is 1. The Labute approximate surface area is 142 Å². The maximum Gasteiger partial charge on any atom is 0.226 e. The van der Waals surface area contributed by atoms with Crippen molar-refractivity contribution in [3.63, 3.8) is 0 Å². The predicted molar refractivity (Wildman–Crippen MR) is 91.8 cm³/mol. The Balaban J connectivity index is 1.59. The van der Waals surface area contributed by atoms with Crippen LogP contribution in [0.25, 0.3) is 11.3 Å². The molecule has 0 saturated heterocycles. The van der Waals surface area contributed by atoms with Gasteiger partial charge in [-0.15, -0.1) is 0 Å². The van der Waals surface area contributed by atoms with E-state index in [4.69, 9.17) is 9.26 Å². The molecule has 1 N–H and O–H groups in total. The zero-order valence-electron chi connectivity index (χ0n) is 14.2. The largest absolute Gasteiger partial charge is 0.497 e. The lowest BCUT2D eigenvalue weighted by Crippen LogP contribution is -2.41. The molecular formula is C19H24N2O3. The molecule has 3 rings (SSSR count). The second-order valence-corrected chi connectivity index (χ2v) is 6.52. The fourth-order valence-electron chi connectivity index (χ4n) is 3.24. The SMILES string of the molecule is COc1ccc(-c2cc(CC(=O)NC3CCCCC3C)no2)cc1. The third-order valence-electron chi connectivity index (χ3n) is 4.73. The Morgan fingerprint density at radius 2 is 2.04 bits per heavy atom. The Kier molecular flexibility index (Phi) is 5.18. The van der Waals surface area contributed by atoms with Gasteiger partial charge in [0.2, 0.25) is 5.91 Å². The fourth-order valence-corrected chi connectivity index (χ4v) is 3.24. The highest BCUT2D eigenvalue weighted by Gasteiger charge is 2.23. The molecule has 1 aromatic carbocycles. The molecule has 1 aliphatic rings. The number of hydrogen-bond acceptors (Lipinski definition) is 4. The summed E-state index contributed by atoms with van der Waals surface area (Å²) in [6, 6.07) is 9.67. The van der Waals surface area contributed by atoms with E-state index in [2.05, 4.69) is 17.4 Å². The van der Waals surface area contributed by atoms with E-state index >= 15 is 0 Å². The van der Waals surface area contributed by atoms with Crippen LogP contribution in [-0.2, 0) is 11.2 Å². The van der Waals surface area contributed by atoms with Gasteiger partial charge in [0.25, 0.3) is 0 Å². The topological polar surface area (TPSA) is 64.4 Å². The van der Waals surface area contributed by atoms with E-state index in [1.165, 1.54) is 19.3 Å². The van der Waals surface area contributed by atoms with Crippen LogP contribution in [0.4, 0.5) is 0 Å². The van der Waals surface area contributed by atoms with Gasteiger partial charge in [-0.05, 0) is 43.0 Å². The number of ether oxygens (including phenoxy) is 1. The summed E-state index contributed by atoms with van der Waals surface area (Å²) in [6.45, 7) is 2.21. The summed E-state index contributed by atoms with van der Waals surface area (Å²) < 4.78 is 10.5. The van der Waals surface area contributed by atoms with Gasteiger partial charge in [-0.2, -0.15) is 0 Å². The van der Waals surface area contributed by atoms with Crippen LogP contribution in [0.5, 0.6) is 5.75 Å². The summed E-state index contributed by atoms with van der Waals surface area (Å²) in [5.74, 6) is 2.02. The van der Waals surface area contributed by atoms with Crippen LogP contribution in [0.3, 0.4) is 0 Å². The van der Waals surface area contributed by atoms with Gasteiger partial charge in [0, 0.05) is 17.7 Å². The molecule has 0 spiro atoms. The molecule has 2 unspecified atom stereocenters. The van der Waals surface area contributed by atoms with Crippen LogP contribution in [0.1, 0.15) is 38.3 Å². The van der Waals surface area contributed by atoms with Crippen LogP contribution in [0.2, 0.25) is 0 Å². The number of methoxy groups -OCH3 is 1. The first kappa shape index (κ1) is 16.6. The zero-order valence-corrected chi connectivity index (χ0v) is 14.2. The molecule has 0 bridgehead atoms. The first-order chi connectivity index (χ1) is 11.7. The molecule has 0 radical (unpaired) electrons. The number of aromatic nitrogens is 1. The minimum atomic E-state index is 0.0170. The molecule has 5 heteroatoms. The van der Waals surface area contributed by atoms with Crippen molar-refractivity contribution < 1.29 is 14.1 Å². The summed E-state index contributed by atoms with van der Waals surface area (Å²) in [7, 11) is 1.63. The van der Waals surface area contributed by atoms with Crippen LogP contribution in [0, 0.1) is 5.92 Å². The lowest BCUT2D eigenvalue weighted by Gasteiger charge is -2.29. The summed E-state index contributed by atoms with van der Waals surface area (Å²) in [6.07, 6.45) is 4.98. The normalized spacial score (nSPS) is 20.6. The van der Waals surface area contributed by atoms with Crippen molar-refractivity contribution in [2.45, 2.75) is 45.1 Å². The van der Waals surface area contributed by atoms with E-state index in [-0.39, 0.29) is 12.3 Å². The number of nitrogens with zero attached hydrogens (tertiary/aromatic N) is 1. The Morgan fingerprint density at radius 3 is 2.75 bits per heavy atom. The molecule has 5 nitrogen and oxygen atoms in total. The molecule has 1 aliphatic carbocycles. The highest BCUT2D eigenvalue weighted by molar-refractivity contribution is 5.78. The van der Waals surface area contributed by atoms with Gasteiger partial charge in [-0.3, -0.25) is 4.79 Å². The van der Waals surface area contributed by atoms with Crippen molar-refractivity contribution in [2.24, 2.45) is 5.92 Å². The van der Waals surface area contributed by atoms with Crippen LogP contribution in [0.15, 0.2) is 34.9 Å². The summed E-state index contributed by atoms with van der Waals surface area (Å²) in [4.78, 5) is 12.2. The van der Waals surface area contributed by atoms with Gasteiger partial charge >= 0.3 is 0 Å². The van der Waals surface area contributed by atoms with Crippen molar-refractivity contribution in [3.8, 4) is 17.1 Å². The standard InChI is InChI=1S/C19H24N2O3/c1-13-5-3-4-6-17(13)20-19(22)12-15-11-18(24-21-15)14-7-9-16(23-2)10-8-14/h7-11,13,17H,3-6,12H2,1-2H3,(H,20,22). The molecule has 24 heavy (non-hydrogen) atoms. The highest BCUT2D eigenvalue weighted by atomic mass is 16.5. The molecule has 0 aliphatic heterocycles. The molecule has 1 aromatic heterocycles. The van der Waals surface area contributed by atoms with E-state index in [0.717, 1.165) is 17.7 Å². The van der Waals surface area contributed by atoms with Crippen molar-refractivity contribution in [1.29, 1.82) is 0 Å². The number of benzene rings is 1. The van der Waals surface area contributed by atoms with Crippen molar-refractivity contribution in [2.75, 3.05) is 7.11 Å². The second kappa shape index (κ2) is 7.51. The summed E-state index contributed by atoms with van der Waals surface area (Å²) >= 11 is 0. The average molecular weight is 328 g/mol. The minimum Gasteiger partial charge on any atom is -0.497 e. The molecule has 1 amide bonds. The second-order valence-electron chi connectivity index (χ2n) is 6.52. The highest BCUT2D eigenvalue weighted by Crippen LogP contribution is 2.25. The molecule has 1 saturated carbocycles. The van der Waals surface area contributed by atoms with E-state index in [1.807, 2.05) is 30.3 Å². The number of rotatable bonds is 5. The zero-order chi connectivity index (χ0) is 16.9. The molecule has 2 atom stereocenters. The van der Waals surface area contributed by atoms with E-state index < -0.39 is 0 Å². The van der Waals surface area contributed by atoms with Gasteiger partial charge in [0.15, 0.2) is 5.76 Å². The summed E-state index contributed by atoms with van der Waals surface area (Å²) in [5, 5.41) is 7.16. The summed E-state index contributed by atoms with van der Waals surface area (Å²) in [5.41, 5.74) is 1.57. The van der Waals surface area contributed by atoms with Crippen molar-refractivity contribution in [3.05, 3.63) is 36.0 Å². The fraction of sp³-hybridized carbons (Fsp3) is 0.474. The molecular weight excluding hydrogens is 304 g/mol. The monoisotopic (exact) mass is 328 g/mol. The number of amides is 1.